The number of hydrogen-bond donors (Lipinski definition) is 3. The summed E-state index contributed by atoms with van der Waals surface area (Å²) in [5.41, 5.74) is 9.11. The van der Waals surface area contributed by atoms with Gasteiger partial charge in [0.15, 0.2) is 0 Å². The number of nitrogens with two attached hydrogens (primary N) is 1. The second-order valence-electron chi connectivity index (χ2n) is 7.43. The number of fused-ring (bicyclic) bond motifs is 1. The van der Waals surface area contributed by atoms with Crippen LogP contribution in [0.5, 0.6) is 0 Å². The molecule has 9 nitrogen and oxygen atoms in total. The number of urea groups is 1. The minimum atomic E-state index is -0.427. The van der Waals surface area contributed by atoms with Crippen molar-refractivity contribution in [3.05, 3.63) is 102 Å². The zero-order valence-corrected chi connectivity index (χ0v) is 17.8. The average molecular weight is 449 g/mol. The van der Waals surface area contributed by atoms with Gasteiger partial charge in [-0.15, -0.1) is 0 Å². The van der Waals surface area contributed by atoms with Crippen molar-refractivity contribution in [2.24, 2.45) is 0 Å². The second kappa shape index (κ2) is 8.83. The molecule has 3 heterocycles. The molecule has 0 saturated carbocycles. The van der Waals surface area contributed by atoms with E-state index in [2.05, 4.69) is 25.6 Å². The smallest absolute Gasteiger partial charge is 0.324 e. The van der Waals surface area contributed by atoms with Crippen molar-refractivity contribution in [1.29, 1.82) is 0 Å². The van der Waals surface area contributed by atoms with Crippen LogP contribution in [0, 0.1) is 0 Å². The lowest BCUT2D eigenvalue weighted by Crippen LogP contribution is -2.23. The van der Waals surface area contributed by atoms with Gasteiger partial charge in [-0.25, -0.2) is 19.3 Å². The van der Waals surface area contributed by atoms with E-state index in [9.17, 15) is 9.59 Å². The standard InChI is InChI=1S/C25H19N7O2/c26-24-30-21-10-8-16(13-20(21)23(33)32(24)19-6-2-1-3-7-19)17-9-11-22(28-14-17)31-25(34)29-18-5-4-12-27-15-18/h1-15H,(H2,26,30)(H2,28,29,31,34). The molecule has 9 heteroatoms. The lowest BCUT2D eigenvalue weighted by atomic mass is 10.1. The first-order chi connectivity index (χ1) is 16.6. The Labute approximate surface area is 194 Å². The van der Waals surface area contributed by atoms with Crippen molar-refractivity contribution in [3.63, 3.8) is 0 Å². The molecule has 0 aliphatic rings. The molecule has 0 unspecified atom stereocenters. The predicted molar refractivity (Wildman–Crippen MR) is 132 cm³/mol. The second-order valence-corrected chi connectivity index (χ2v) is 7.43. The van der Waals surface area contributed by atoms with Crippen LogP contribution in [-0.2, 0) is 0 Å². The van der Waals surface area contributed by atoms with Crippen molar-refractivity contribution in [2.45, 2.75) is 0 Å². The Morgan fingerprint density at radius 1 is 0.882 bits per heavy atom. The Morgan fingerprint density at radius 2 is 1.71 bits per heavy atom. The lowest BCUT2D eigenvalue weighted by molar-refractivity contribution is 0.262. The highest BCUT2D eigenvalue weighted by Gasteiger charge is 2.12. The molecule has 34 heavy (non-hydrogen) atoms. The Bertz CT molecular complexity index is 1530. The third kappa shape index (κ3) is 4.17. The molecule has 166 valence electrons. The zero-order valence-electron chi connectivity index (χ0n) is 17.8. The van der Waals surface area contributed by atoms with Crippen molar-refractivity contribution in [1.82, 2.24) is 19.5 Å². The summed E-state index contributed by atoms with van der Waals surface area (Å²) >= 11 is 0. The van der Waals surface area contributed by atoms with Crippen LogP contribution in [0.2, 0.25) is 0 Å². The summed E-state index contributed by atoms with van der Waals surface area (Å²) in [5, 5.41) is 5.79. The van der Waals surface area contributed by atoms with Gasteiger partial charge in [-0.1, -0.05) is 24.3 Å². The van der Waals surface area contributed by atoms with E-state index in [0.717, 1.165) is 11.1 Å². The highest BCUT2D eigenvalue weighted by atomic mass is 16.2. The normalized spacial score (nSPS) is 10.7. The molecule has 5 rings (SSSR count). The fraction of sp³-hybridized carbons (Fsp3) is 0. The van der Waals surface area contributed by atoms with Gasteiger partial charge in [-0.05, 0) is 54.1 Å². The monoisotopic (exact) mass is 449 g/mol. The molecule has 2 aromatic carbocycles. The van der Waals surface area contributed by atoms with Crippen molar-refractivity contribution < 1.29 is 4.79 Å². The quantitative estimate of drug-likeness (QED) is 0.379. The average Bonchev–Trinajstić information content (AvgIpc) is 2.86. The number of para-hydroxylation sites is 1. The third-order valence-electron chi connectivity index (χ3n) is 5.17. The number of pyridine rings is 2. The number of amides is 2. The summed E-state index contributed by atoms with van der Waals surface area (Å²) in [6, 6.07) is 21.0. The fourth-order valence-electron chi connectivity index (χ4n) is 3.56. The maximum atomic E-state index is 13.2. The van der Waals surface area contributed by atoms with E-state index in [4.69, 9.17) is 5.73 Å². The molecule has 0 aliphatic heterocycles. The number of nitrogens with one attached hydrogen (secondary N) is 2. The molecule has 4 N–H and O–H groups in total. The minimum absolute atomic E-state index is 0.123. The van der Waals surface area contributed by atoms with Crippen LogP contribution < -0.4 is 21.9 Å². The summed E-state index contributed by atoms with van der Waals surface area (Å²) in [7, 11) is 0. The Kier molecular flexibility index (Phi) is 5.41. The fourth-order valence-corrected chi connectivity index (χ4v) is 3.56. The first-order valence-electron chi connectivity index (χ1n) is 10.4. The minimum Gasteiger partial charge on any atom is -0.369 e. The highest BCUT2D eigenvalue weighted by molar-refractivity contribution is 5.99. The van der Waals surface area contributed by atoms with Crippen LogP contribution in [0.15, 0.2) is 96.2 Å². The van der Waals surface area contributed by atoms with Gasteiger partial charge in [-0.2, -0.15) is 0 Å². The van der Waals surface area contributed by atoms with Gasteiger partial charge in [0.1, 0.15) is 5.82 Å². The third-order valence-corrected chi connectivity index (χ3v) is 5.17. The van der Waals surface area contributed by atoms with Gasteiger partial charge in [0.2, 0.25) is 5.95 Å². The molecule has 0 aliphatic carbocycles. The van der Waals surface area contributed by atoms with Crippen LogP contribution >= 0.6 is 0 Å². The Morgan fingerprint density at radius 3 is 2.44 bits per heavy atom. The van der Waals surface area contributed by atoms with Gasteiger partial charge in [0, 0.05) is 18.0 Å². The zero-order chi connectivity index (χ0) is 23.5. The van der Waals surface area contributed by atoms with Gasteiger partial charge in [0.05, 0.1) is 28.5 Å². The predicted octanol–water partition coefficient (Wildman–Crippen LogP) is 4.07. The summed E-state index contributed by atoms with van der Waals surface area (Å²) in [4.78, 5) is 38.0. The first-order valence-corrected chi connectivity index (χ1v) is 10.4. The molecule has 0 atom stereocenters. The Balaban J connectivity index is 1.42. The largest absolute Gasteiger partial charge is 0.369 e. The Hall–Kier alpha value is -5.05. The maximum absolute atomic E-state index is 13.2. The molecule has 3 aromatic heterocycles. The van der Waals surface area contributed by atoms with Crippen molar-refractivity contribution >= 4 is 34.4 Å². The van der Waals surface area contributed by atoms with E-state index in [0.29, 0.717) is 28.1 Å². The van der Waals surface area contributed by atoms with Crippen molar-refractivity contribution in [2.75, 3.05) is 16.4 Å². The van der Waals surface area contributed by atoms with Crippen LogP contribution in [-0.4, -0.2) is 25.6 Å². The van der Waals surface area contributed by atoms with E-state index >= 15 is 0 Å². The number of nitrogens with zero attached hydrogens (tertiary/aromatic N) is 4. The number of nitrogen functional groups attached to an aromatic ring is 1. The van der Waals surface area contributed by atoms with E-state index in [1.165, 1.54) is 4.57 Å². The van der Waals surface area contributed by atoms with Gasteiger partial charge in [-0.3, -0.25) is 15.1 Å². The highest BCUT2D eigenvalue weighted by Crippen LogP contribution is 2.24. The number of rotatable bonds is 4. The van der Waals surface area contributed by atoms with E-state index in [-0.39, 0.29) is 11.5 Å². The number of carbonyl (C=O) groups excluding carboxylic acids is 1. The number of hydrogen-bond acceptors (Lipinski definition) is 6. The van der Waals surface area contributed by atoms with Gasteiger partial charge >= 0.3 is 6.03 Å². The first kappa shape index (κ1) is 20.8. The van der Waals surface area contributed by atoms with Crippen LogP contribution in [0.4, 0.5) is 22.2 Å². The van der Waals surface area contributed by atoms with Crippen LogP contribution in [0.1, 0.15) is 0 Å². The molecular formula is C25H19N7O2. The molecule has 5 aromatic rings. The summed E-state index contributed by atoms with van der Waals surface area (Å²) in [6.45, 7) is 0. The van der Waals surface area contributed by atoms with Gasteiger partial charge in [0.25, 0.3) is 5.56 Å². The summed E-state index contributed by atoms with van der Waals surface area (Å²) in [5.74, 6) is 0.505. The van der Waals surface area contributed by atoms with E-state index in [1.54, 1.807) is 61.1 Å². The lowest BCUT2D eigenvalue weighted by Gasteiger charge is -2.11. The maximum Gasteiger partial charge on any atom is 0.324 e. The van der Waals surface area contributed by atoms with Gasteiger partial charge < -0.3 is 11.1 Å². The molecule has 0 fully saturated rings. The summed E-state index contributed by atoms with van der Waals surface area (Å²) < 4.78 is 1.39. The molecule has 0 spiro atoms. The van der Waals surface area contributed by atoms with Crippen LogP contribution in [0.3, 0.4) is 0 Å². The molecule has 0 bridgehead atoms. The number of anilines is 3. The molecule has 2 amide bonds. The van der Waals surface area contributed by atoms with Crippen LogP contribution in [0.25, 0.3) is 27.7 Å². The number of carbonyl (C=O) groups is 1. The number of benzene rings is 2. The van der Waals surface area contributed by atoms with E-state index < -0.39 is 6.03 Å². The van der Waals surface area contributed by atoms with E-state index in [1.807, 2.05) is 30.3 Å². The molecular weight excluding hydrogens is 430 g/mol. The molecule has 0 radical (unpaired) electrons. The van der Waals surface area contributed by atoms with Crippen molar-refractivity contribution in [3.8, 4) is 16.8 Å². The SMILES string of the molecule is Nc1nc2ccc(-c3ccc(NC(=O)Nc4cccnc4)nc3)cc2c(=O)n1-c1ccccc1. The number of aromatic nitrogens is 4. The topological polar surface area (TPSA) is 128 Å². The molecule has 0 saturated heterocycles. The summed E-state index contributed by atoms with van der Waals surface area (Å²) in [6.07, 6.45) is 4.80.